The number of rotatable bonds is 8. The summed E-state index contributed by atoms with van der Waals surface area (Å²) in [6.07, 6.45) is 4.13. The molecular formula is C27H33N5OS2. The molecule has 1 aliphatic carbocycles. The highest BCUT2D eigenvalue weighted by atomic mass is 32.2. The molecule has 4 rings (SSSR count). The second-order valence-corrected chi connectivity index (χ2v) is 11.9. The number of hydrogen-bond acceptors (Lipinski definition) is 6. The highest BCUT2D eigenvalue weighted by molar-refractivity contribution is 7.99. The maximum absolute atomic E-state index is 12.9. The van der Waals surface area contributed by atoms with Gasteiger partial charge in [0.05, 0.1) is 11.3 Å². The van der Waals surface area contributed by atoms with E-state index in [0.29, 0.717) is 28.2 Å². The van der Waals surface area contributed by atoms with Crippen molar-refractivity contribution in [3.8, 4) is 17.5 Å². The predicted octanol–water partition coefficient (Wildman–Crippen LogP) is 6.48. The molecule has 0 radical (unpaired) electrons. The Labute approximate surface area is 216 Å². The summed E-state index contributed by atoms with van der Waals surface area (Å²) in [5, 5.41) is 23.0. The Morgan fingerprint density at radius 3 is 2.69 bits per heavy atom. The Kier molecular flexibility index (Phi) is 7.67. The quantitative estimate of drug-likeness (QED) is 0.353. The third kappa shape index (κ3) is 5.31. The van der Waals surface area contributed by atoms with Gasteiger partial charge in [0, 0.05) is 17.0 Å². The van der Waals surface area contributed by atoms with Gasteiger partial charge in [-0.15, -0.1) is 21.5 Å². The van der Waals surface area contributed by atoms with E-state index in [0.717, 1.165) is 42.6 Å². The van der Waals surface area contributed by atoms with E-state index in [1.165, 1.54) is 22.2 Å². The van der Waals surface area contributed by atoms with Crippen molar-refractivity contribution < 1.29 is 4.79 Å². The Morgan fingerprint density at radius 1 is 1.29 bits per heavy atom. The molecule has 1 N–H and O–H groups in total. The van der Waals surface area contributed by atoms with Crippen LogP contribution < -0.4 is 5.32 Å². The first-order valence-corrected chi connectivity index (χ1v) is 14.0. The number of aryl methyl sites for hydroxylation is 1. The lowest BCUT2D eigenvalue weighted by atomic mass is 9.69. The number of carbonyl (C=O) groups excluding carboxylic acids is 1. The number of nitriles is 1. The van der Waals surface area contributed by atoms with Crippen molar-refractivity contribution >= 4 is 34.0 Å². The van der Waals surface area contributed by atoms with Gasteiger partial charge in [-0.2, -0.15) is 5.26 Å². The summed E-state index contributed by atoms with van der Waals surface area (Å²) in [6, 6.07) is 10.6. The SMILES string of the molecule is CCn1c(SCC(=O)Nc2sc3c(c2C#N)CCC(C(C)(C)CC)C3)nnc1-c1ccc(C)cc1. The Hall–Kier alpha value is -2.63. The molecule has 1 aromatic carbocycles. The van der Waals surface area contributed by atoms with Crippen LogP contribution in [0.4, 0.5) is 5.00 Å². The number of carbonyl (C=O) groups is 1. The van der Waals surface area contributed by atoms with Crippen LogP contribution in [0.3, 0.4) is 0 Å². The summed E-state index contributed by atoms with van der Waals surface area (Å²) in [7, 11) is 0. The van der Waals surface area contributed by atoms with E-state index in [1.807, 2.05) is 23.6 Å². The van der Waals surface area contributed by atoms with Gasteiger partial charge in [0.2, 0.25) is 5.91 Å². The molecule has 6 nitrogen and oxygen atoms in total. The van der Waals surface area contributed by atoms with E-state index < -0.39 is 0 Å². The molecular weight excluding hydrogens is 474 g/mol. The Balaban J connectivity index is 1.45. The zero-order chi connectivity index (χ0) is 25.2. The number of thiophene rings is 1. The molecule has 0 saturated heterocycles. The molecule has 0 saturated carbocycles. The Morgan fingerprint density at radius 2 is 2.03 bits per heavy atom. The molecule has 1 unspecified atom stereocenters. The van der Waals surface area contributed by atoms with E-state index >= 15 is 0 Å². The molecule has 0 bridgehead atoms. The van der Waals surface area contributed by atoms with Gasteiger partial charge in [-0.3, -0.25) is 4.79 Å². The highest BCUT2D eigenvalue weighted by Gasteiger charge is 2.34. The number of anilines is 1. The normalized spacial score (nSPS) is 15.5. The van der Waals surface area contributed by atoms with E-state index in [2.05, 4.69) is 61.4 Å². The second-order valence-electron chi connectivity index (χ2n) is 9.85. The molecule has 8 heteroatoms. The zero-order valence-electron chi connectivity index (χ0n) is 21.1. The van der Waals surface area contributed by atoms with Crippen molar-refractivity contribution in [2.24, 2.45) is 11.3 Å². The van der Waals surface area contributed by atoms with Gasteiger partial charge in [-0.25, -0.2) is 0 Å². The summed E-state index contributed by atoms with van der Waals surface area (Å²) in [4.78, 5) is 14.1. The summed E-state index contributed by atoms with van der Waals surface area (Å²) < 4.78 is 2.03. The lowest BCUT2D eigenvalue weighted by molar-refractivity contribution is -0.113. The third-order valence-corrected chi connectivity index (χ3v) is 9.46. The molecule has 1 amide bonds. The summed E-state index contributed by atoms with van der Waals surface area (Å²) in [6.45, 7) is 11.7. The molecule has 35 heavy (non-hydrogen) atoms. The summed E-state index contributed by atoms with van der Waals surface area (Å²) >= 11 is 2.95. The average molecular weight is 508 g/mol. The van der Waals surface area contributed by atoms with Gasteiger partial charge in [0.25, 0.3) is 0 Å². The largest absolute Gasteiger partial charge is 0.316 e. The minimum atomic E-state index is -0.127. The smallest absolute Gasteiger partial charge is 0.235 e. The molecule has 0 aliphatic heterocycles. The number of nitrogens with one attached hydrogen (secondary N) is 1. The zero-order valence-corrected chi connectivity index (χ0v) is 22.8. The first-order valence-electron chi connectivity index (χ1n) is 12.2. The van der Waals surface area contributed by atoms with Gasteiger partial charge in [-0.05, 0) is 50.0 Å². The number of nitrogens with zero attached hydrogens (tertiary/aromatic N) is 4. The van der Waals surface area contributed by atoms with Crippen molar-refractivity contribution in [1.29, 1.82) is 5.26 Å². The van der Waals surface area contributed by atoms with Crippen molar-refractivity contribution in [2.75, 3.05) is 11.1 Å². The van der Waals surface area contributed by atoms with Crippen LogP contribution in [-0.2, 0) is 24.2 Å². The molecule has 0 spiro atoms. The fourth-order valence-electron chi connectivity index (χ4n) is 4.64. The molecule has 0 fully saturated rings. The van der Waals surface area contributed by atoms with Crippen LogP contribution in [-0.4, -0.2) is 26.4 Å². The fraction of sp³-hybridized carbons (Fsp3) is 0.481. The standard InChI is InChI=1S/C27H33N5OS2/c1-6-27(4,5)19-12-13-20-21(15-28)25(35-22(20)14-19)29-23(33)16-34-26-31-30-24(32(26)7-2)18-10-8-17(3)9-11-18/h8-11,19H,6-7,12-14,16H2,1-5H3,(H,29,33). The van der Waals surface area contributed by atoms with Gasteiger partial charge in [-0.1, -0.05) is 68.8 Å². The molecule has 184 valence electrons. The maximum Gasteiger partial charge on any atom is 0.235 e. The average Bonchev–Trinajstić information content (AvgIpc) is 3.42. The first-order chi connectivity index (χ1) is 16.8. The van der Waals surface area contributed by atoms with Crippen molar-refractivity contribution in [1.82, 2.24) is 14.8 Å². The van der Waals surface area contributed by atoms with Gasteiger partial charge < -0.3 is 9.88 Å². The van der Waals surface area contributed by atoms with Crippen LogP contribution in [0.5, 0.6) is 0 Å². The number of hydrogen-bond donors (Lipinski definition) is 1. The van der Waals surface area contributed by atoms with E-state index in [9.17, 15) is 10.1 Å². The fourth-order valence-corrected chi connectivity index (χ4v) is 6.73. The van der Waals surface area contributed by atoms with Crippen LogP contribution in [0.15, 0.2) is 29.4 Å². The van der Waals surface area contributed by atoms with Crippen molar-refractivity contribution in [3.05, 3.63) is 45.8 Å². The predicted molar refractivity (Wildman–Crippen MR) is 144 cm³/mol. The molecule has 1 aliphatic rings. The monoisotopic (exact) mass is 507 g/mol. The summed E-state index contributed by atoms with van der Waals surface area (Å²) in [5.41, 5.74) is 4.26. The lowest BCUT2D eigenvalue weighted by Gasteiger charge is -2.36. The molecule has 2 heterocycles. The number of aromatic nitrogens is 3. The topological polar surface area (TPSA) is 83.6 Å². The third-order valence-electron chi connectivity index (χ3n) is 7.32. The number of amides is 1. The highest BCUT2D eigenvalue weighted by Crippen LogP contribution is 2.45. The van der Waals surface area contributed by atoms with E-state index in [1.54, 1.807) is 11.3 Å². The molecule has 2 aromatic heterocycles. The minimum absolute atomic E-state index is 0.127. The number of thioether (sulfide) groups is 1. The van der Waals surface area contributed by atoms with E-state index in [4.69, 9.17) is 0 Å². The van der Waals surface area contributed by atoms with Crippen LogP contribution in [0.2, 0.25) is 0 Å². The molecule has 3 aromatic rings. The second kappa shape index (κ2) is 10.5. The van der Waals surface area contributed by atoms with Gasteiger partial charge >= 0.3 is 0 Å². The number of fused-ring (bicyclic) bond motifs is 1. The first kappa shape index (κ1) is 25.5. The van der Waals surface area contributed by atoms with Crippen molar-refractivity contribution in [2.45, 2.75) is 72.0 Å². The van der Waals surface area contributed by atoms with Gasteiger partial charge in [0.1, 0.15) is 11.1 Å². The van der Waals surface area contributed by atoms with E-state index in [-0.39, 0.29) is 17.1 Å². The maximum atomic E-state index is 12.9. The van der Waals surface area contributed by atoms with Crippen LogP contribution in [0.1, 0.15) is 62.1 Å². The van der Waals surface area contributed by atoms with Gasteiger partial charge in [0.15, 0.2) is 11.0 Å². The number of benzene rings is 1. The minimum Gasteiger partial charge on any atom is -0.316 e. The Bertz CT molecular complexity index is 1250. The van der Waals surface area contributed by atoms with Crippen LogP contribution >= 0.6 is 23.1 Å². The van der Waals surface area contributed by atoms with Crippen molar-refractivity contribution in [3.63, 3.8) is 0 Å². The van der Waals surface area contributed by atoms with Crippen LogP contribution in [0, 0.1) is 29.6 Å². The van der Waals surface area contributed by atoms with Crippen LogP contribution in [0.25, 0.3) is 11.4 Å². The summed E-state index contributed by atoms with van der Waals surface area (Å²) in [5.74, 6) is 1.49. The molecule has 1 atom stereocenters. The lowest BCUT2D eigenvalue weighted by Crippen LogP contribution is -2.28.